The second-order valence-corrected chi connectivity index (χ2v) is 19.2. The van der Waals surface area contributed by atoms with Gasteiger partial charge < -0.3 is 19.6 Å². The predicted molar refractivity (Wildman–Crippen MR) is 174 cm³/mol. The fourth-order valence-corrected chi connectivity index (χ4v) is 6.14. The first kappa shape index (κ1) is 35.6. The van der Waals surface area contributed by atoms with Crippen molar-refractivity contribution < 1.29 is 28.8 Å². The molecular weight excluding hydrogens is 576 g/mol. The number of fused-ring (bicyclic) bond motifs is 1. The van der Waals surface area contributed by atoms with E-state index in [-0.39, 0.29) is 34.2 Å². The molecule has 1 heterocycles. The van der Waals surface area contributed by atoms with E-state index in [2.05, 4.69) is 39.2 Å². The maximum absolute atomic E-state index is 14.4. The molecule has 0 aliphatic carbocycles. The minimum absolute atomic E-state index is 0.00311. The van der Waals surface area contributed by atoms with Crippen molar-refractivity contribution in [2.75, 3.05) is 6.61 Å². The van der Waals surface area contributed by atoms with Gasteiger partial charge in [0.2, 0.25) is 6.04 Å². The van der Waals surface area contributed by atoms with E-state index >= 15 is 0 Å². The molecule has 1 aliphatic heterocycles. The Hall–Kier alpha value is -2.92. The van der Waals surface area contributed by atoms with Crippen molar-refractivity contribution in [3.05, 3.63) is 79.9 Å². The molecule has 0 fully saturated rings. The molecule has 3 rings (SSSR count). The Balaban J connectivity index is 2.05. The Morgan fingerprint density at radius 1 is 1.11 bits per heavy atom. The molecule has 0 amide bonds. The normalized spacial score (nSPS) is 17.0. The lowest BCUT2D eigenvalue weighted by molar-refractivity contribution is -0.537. The third-order valence-electron chi connectivity index (χ3n) is 8.74. The summed E-state index contributed by atoms with van der Waals surface area (Å²) in [5.74, 6) is -1.02. The number of hydrogen-bond donors (Lipinski definition) is 2. The first-order valence-corrected chi connectivity index (χ1v) is 18.5. The Bertz CT molecular complexity index is 1360. The van der Waals surface area contributed by atoms with E-state index in [0.717, 1.165) is 17.5 Å². The lowest BCUT2D eigenvalue weighted by Gasteiger charge is -2.38. The Kier molecular flexibility index (Phi) is 11.3. The van der Waals surface area contributed by atoms with Gasteiger partial charge in [-0.15, -0.1) is 0 Å². The molecule has 3 unspecified atom stereocenters. The second-order valence-electron chi connectivity index (χ2n) is 14.4. The van der Waals surface area contributed by atoms with E-state index in [1.165, 1.54) is 18.2 Å². The highest BCUT2D eigenvalue weighted by atomic mass is 28.4. The minimum atomic E-state index is -1.99. The van der Waals surface area contributed by atoms with Crippen LogP contribution in [0.5, 0.6) is 0 Å². The molecule has 0 bridgehead atoms. The van der Waals surface area contributed by atoms with Crippen LogP contribution in [0.15, 0.2) is 36.4 Å². The molecule has 44 heavy (non-hydrogen) atoms. The van der Waals surface area contributed by atoms with Gasteiger partial charge in [-0.05, 0) is 80.6 Å². The molecule has 1 aliphatic rings. The van der Waals surface area contributed by atoms with Gasteiger partial charge in [-0.1, -0.05) is 58.4 Å². The Morgan fingerprint density at radius 2 is 1.80 bits per heavy atom. The van der Waals surface area contributed by atoms with Gasteiger partial charge in [0, 0.05) is 41.7 Å². The number of carbonyl (C=O) groups is 2. The monoisotopic (exact) mass is 626 g/mol. The van der Waals surface area contributed by atoms with Crippen LogP contribution in [0.25, 0.3) is 0 Å². The van der Waals surface area contributed by atoms with Gasteiger partial charge >= 0.3 is 5.97 Å². The van der Waals surface area contributed by atoms with Gasteiger partial charge in [0.1, 0.15) is 11.7 Å². The molecule has 242 valence electrons. The average molecular weight is 627 g/mol. The molecule has 0 saturated heterocycles. The van der Waals surface area contributed by atoms with Crippen molar-refractivity contribution >= 4 is 20.1 Å². The first-order chi connectivity index (χ1) is 20.4. The van der Waals surface area contributed by atoms with Crippen LogP contribution in [-0.2, 0) is 22.1 Å². The summed E-state index contributed by atoms with van der Waals surface area (Å²) in [6, 6.07) is 8.56. The number of carbonyl (C=O) groups excluding carboxylic acids is 2. The van der Waals surface area contributed by atoms with E-state index in [1.54, 1.807) is 26.8 Å². The standard InChI is InChI=1S/C34H50N2O7Si/c1-10-11-15-29(36(40)41)31(38)26-17-16-22(32(39)43-33(2,3)4)18-28(26)30(37)25-14-12-13-23-20-35-24(19-27(23)25)21-42-44(8,9)34(5,6)7/h12-14,16-18,24,29,31,35,38H,10-11,15,19-21H2,1-9H3. The third kappa shape index (κ3) is 8.62. The highest BCUT2D eigenvalue weighted by Gasteiger charge is 2.38. The summed E-state index contributed by atoms with van der Waals surface area (Å²) in [7, 11) is -1.99. The number of rotatable bonds is 12. The topological polar surface area (TPSA) is 128 Å². The summed E-state index contributed by atoms with van der Waals surface area (Å²) < 4.78 is 12.0. The van der Waals surface area contributed by atoms with E-state index in [0.29, 0.717) is 31.6 Å². The SMILES string of the molecule is CCCCC(C(O)c1ccc(C(=O)OC(C)(C)C)cc1C(=O)c1cccc2c1CC(CO[Si](C)(C)C(C)(C)C)NC2)[N+](=O)[O-]. The predicted octanol–water partition coefficient (Wildman–Crippen LogP) is 6.78. The summed E-state index contributed by atoms with van der Waals surface area (Å²) in [6.45, 7) is 19.3. The third-order valence-corrected chi connectivity index (χ3v) is 13.2. The van der Waals surface area contributed by atoms with E-state index in [1.807, 2.05) is 19.1 Å². The van der Waals surface area contributed by atoms with Crippen LogP contribution >= 0.6 is 0 Å². The maximum Gasteiger partial charge on any atom is 0.338 e. The number of aliphatic hydroxyl groups excluding tert-OH is 1. The number of nitrogens with zero attached hydrogens (tertiary/aromatic N) is 1. The molecule has 0 saturated carbocycles. The quantitative estimate of drug-likeness (QED) is 0.0868. The van der Waals surface area contributed by atoms with Gasteiger partial charge in [-0.2, -0.15) is 0 Å². The molecule has 10 heteroatoms. The number of nitrogens with one attached hydrogen (secondary N) is 1. The molecular formula is C34H50N2O7Si. The number of ketones is 1. The van der Waals surface area contributed by atoms with E-state index in [9.17, 15) is 24.8 Å². The molecule has 0 radical (unpaired) electrons. The summed E-state index contributed by atoms with van der Waals surface area (Å²) in [5.41, 5.74) is 1.87. The largest absolute Gasteiger partial charge is 0.456 e. The van der Waals surface area contributed by atoms with Gasteiger partial charge in [0.25, 0.3) is 0 Å². The zero-order valence-corrected chi connectivity index (χ0v) is 28.8. The minimum Gasteiger partial charge on any atom is -0.456 e. The molecule has 0 aromatic heterocycles. The number of aliphatic hydroxyl groups is 1. The van der Waals surface area contributed by atoms with Crippen molar-refractivity contribution in [1.29, 1.82) is 0 Å². The number of hydrogen-bond acceptors (Lipinski definition) is 8. The molecule has 0 spiro atoms. The van der Waals surface area contributed by atoms with Crippen molar-refractivity contribution in [2.45, 2.75) is 123 Å². The smallest absolute Gasteiger partial charge is 0.338 e. The summed E-state index contributed by atoms with van der Waals surface area (Å²) in [5, 5.41) is 26.9. The average Bonchev–Trinajstić information content (AvgIpc) is 2.93. The number of unbranched alkanes of at least 4 members (excludes halogenated alkanes) is 1. The van der Waals surface area contributed by atoms with Crippen molar-refractivity contribution in [1.82, 2.24) is 5.32 Å². The van der Waals surface area contributed by atoms with E-state index < -0.39 is 42.7 Å². The van der Waals surface area contributed by atoms with Crippen molar-refractivity contribution in [3.63, 3.8) is 0 Å². The highest BCUT2D eigenvalue weighted by molar-refractivity contribution is 6.74. The number of nitro groups is 1. The number of ether oxygens (including phenoxy) is 1. The van der Waals surface area contributed by atoms with Crippen molar-refractivity contribution in [3.8, 4) is 0 Å². The Labute approximate surface area is 263 Å². The van der Waals surface area contributed by atoms with Crippen molar-refractivity contribution in [2.24, 2.45) is 0 Å². The molecule has 9 nitrogen and oxygen atoms in total. The summed E-state index contributed by atoms with van der Waals surface area (Å²) in [4.78, 5) is 38.9. The Morgan fingerprint density at radius 3 is 2.39 bits per heavy atom. The van der Waals surface area contributed by atoms with Crippen LogP contribution in [-0.4, -0.2) is 54.4 Å². The van der Waals surface area contributed by atoms with Gasteiger partial charge in [0.05, 0.1) is 5.56 Å². The van der Waals surface area contributed by atoms with Crippen LogP contribution < -0.4 is 5.32 Å². The zero-order chi connectivity index (χ0) is 33.0. The lowest BCUT2D eigenvalue weighted by Crippen LogP contribution is -2.47. The molecule has 3 atom stereocenters. The number of benzene rings is 2. The second kappa shape index (κ2) is 14.0. The molecule has 2 aromatic rings. The van der Waals surface area contributed by atoms with Gasteiger partial charge in [-0.25, -0.2) is 4.79 Å². The lowest BCUT2D eigenvalue weighted by atomic mass is 9.85. The first-order valence-electron chi connectivity index (χ1n) is 15.6. The van der Waals surface area contributed by atoms with Crippen LogP contribution in [0.3, 0.4) is 0 Å². The molecule has 2 N–H and O–H groups in total. The van der Waals surface area contributed by atoms with Gasteiger partial charge in [-0.3, -0.25) is 14.9 Å². The van der Waals surface area contributed by atoms with E-state index in [4.69, 9.17) is 9.16 Å². The molecule has 2 aromatic carbocycles. The summed E-state index contributed by atoms with van der Waals surface area (Å²) >= 11 is 0. The van der Waals surface area contributed by atoms with Crippen LogP contribution in [0.4, 0.5) is 0 Å². The summed E-state index contributed by atoms with van der Waals surface area (Å²) in [6.07, 6.45) is 0.470. The number of esters is 1. The maximum atomic E-state index is 14.4. The van der Waals surface area contributed by atoms with Crippen LogP contribution in [0, 0.1) is 10.1 Å². The zero-order valence-electron chi connectivity index (χ0n) is 27.8. The van der Waals surface area contributed by atoms with Gasteiger partial charge in [0.15, 0.2) is 14.1 Å². The fraction of sp³-hybridized carbons (Fsp3) is 0.588. The fourth-order valence-electron chi connectivity index (χ4n) is 5.09. The van der Waals surface area contributed by atoms with Crippen LogP contribution in [0.1, 0.15) is 117 Å². The van der Waals surface area contributed by atoms with Crippen LogP contribution in [0.2, 0.25) is 18.1 Å². The highest BCUT2D eigenvalue weighted by Crippen LogP contribution is 2.37.